The number of aryl methyl sites for hydroxylation is 1. The monoisotopic (exact) mass is 386 g/mol. The summed E-state index contributed by atoms with van der Waals surface area (Å²) in [6.45, 7) is 1.85. The van der Waals surface area contributed by atoms with Crippen LogP contribution in [0.5, 0.6) is 0 Å². The molecule has 0 heterocycles. The summed E-state index contributed by atoms with van der Waals surface area (Å²) in [5, 5.41) is 7.95. The minimum atomic E-state index is -3.65. The van der Waals surface area contributed by atoms with Crippen molar-refractivity contribution in [1.82, 2.24) is 0 Å². The van der Waals surface area contributed by atoms with E-state index in [-0.39, 0.29) is 36.7 Å². The van der Waals surface area contributed by atoms with Gasteiger partial charge in [-0.05, 0) is 37.9 Å². The number of sulfone groups is 1. The van der Waals surface area contributed by atoms with Crippen molar-refractivity contribution < 1.29 is 18.3 Å². The molecule has 0 aliphatic carbocycles. The molecule has 0 radical (unpaired) electrons. The van der Waals surface area contributed by atoms with E-state index in [0.717, 1.165) is 0 Å². The molecule has 9 heteroatoms. The normalized spacial score (nSPS) is 13.1. The molecular formula is C14H24Cl2N2O4S. The molecular weight excluding hydrogens is 363 g/mol. The topological polar surface area (TPSA) is 123 Å². The lowest BCUT2D eigenvalue weighted by Crippen LogP contribution is -2.38. The highest BCUT2D eigenvalue weighted by Gasteiger charge is 2.31. The van der Waals surface area contributed by atoms with Crippen molar-refractivity contribution in [2.45, 2.75) is 36.0 Å². The standard InChI is InChI=1S/C13H20N2O4S.CH3Cl.ClH/c1-9-4-2-3-5-12(9)20(18,19)10(6-7-14)8-11(15)13(16)17;1-2;/h2-5,10-11H,6-8,14-15H2,1H3,(H,16,17);1H3;1H. The van der Waals surface area contributed by atoms with Crippen LogP contribution in [0.1, 0.15) is 18.4 Å². The largest absolute Gasteiger partial charge is 0.480 e. The molecule has 0 aliphatic heterocycles. The van der Waals surface area contributed by atoms with Crippen molar-refractivity contribution in [2.24, 2.45) is 11.5 Å². The Bertz CT molecular complexity index is 582. The Morgan fingerprint density at radius 1 is 1.30 bits per heavy atom. The van der Waals surface area contributed by atoms with Crippen LogP contribution in [-0.4, -0.2) is 43.7 Å². The predicted octanol–water partition coefficient (Wildman–Crippen LogP) is 1.56. The zero-order valence-electron chi connectivity index (χ0n) is 13.1. The van der Waals surface area contributed by atoms with Crippen molar-refractivity contribution in [3.63, 3.8) is 0 Å². The van der Waals surface area contributed by atoms with Gasteiger partial charge in [-0.1, -0.05) is 18.2 Å². The Morgan fingerprint density at radius 3 is 2.26 bits per heavy atom. The molecule has 0 aromatic heterocycles. The van der Waals surface area contributed by atoms with E-state index in [9.17, 15) is 13.2 Å². The second-order valence-corrected chi connectivity index (χ2v) is 6.89. The van der Waals surface area contributed by atoms with Crippen LogP contribution in [0.2, 0.25) is 0 Å². The van der Waals surface area contributed by atoms with E-state index in [1.165, 1.54) is 12.4 Å². The third-order valence-electron chi connectivity index (χ3n) is 3.16. The maximum Gasteiger partial charge on any atom is 0.320 e. The molecule has 0 aliphatic rings. The van der Waals surface area contributed by atoms with Crippen LogP contribution in [0.4, 0.5) is 0 Å². The Kier molecular flexibility index (Phi) is 12.3. The number of carbonyl (C=O) groups is 1. The Hall–Kier alpha value is -0.860. The highest BCUT2D eigenvalue weighted by molar-refractivity contribution is 7.92. The van der Waals surface area contributed by atoms with Crippen LogP contribution in [0, 0.1) is 6.92 Å². The van der Waals surface area contributed by atoms with Crippen LogP contribution in [0.3, 0.4) is 0 Å². The number of carboxylic acids is 1. The lowest BCUT2D eigenvalue weighted by atomic mass is 10.1. The number of hydrogen-bond acceptors (Lipinski definition) is 5. The molecule has 23 heavy (non-hydrogen) atoms. The first kappa shape index (κ1) is 24.4. The van der Waals surface area contributed by atoms with Gasteiger partial charge >= 0.3 is 5.97 Å². The molecule has 1 rings (SSSR count). The molecule has 2 unspecified atom stereocenters. The first-order valence-corrected chi connectivity index (χ1v) is 8.96. The fraction of sp³-hybridized carbons (Fsp3) is 0.500. The first-order valence-electron chi connectivity index (χ1n) is 6.66. The van der Waals surface area contributed by atoms with Crippen LogP contribution in [0.15, 0.2) is 29.2 Å². The van der Waals surface area contributed by atoms with Gasteiger partial charge in [0.2, 0.25) is 0 Å². The number of halogens is 2. The van der Waals surface area contributed by atoms with Gasteiger partial charge < -0.3 is 16.6 Å². The number of hydrogen-bond donors (Lipinski definition) is 3. The van der Waals surface area contributed by atoms with Gasteiger partial charge in [-0.3, -0.25) is 4.79 Å². The summed E-state index contributed by atoms with van der Waals surface area (Å²) < 4.78 is 25.2. The molecule has 0 fully saturated rings. The fourth-order valence-corrected chi connectivity index (χ4v) is 4.08. The van der Waals surface area contributed by atoms with Crippen molar-refractivity contribution >= 4 is 39.8 Å². The van der Waals surface area contributed by atoms with Gasteiger partial charge in [-0.25, -0.2) is 8.42 Å². The molecule has 1 aromatic rings. The second kappa shape index (κ2) is 11.6. The van der Waals surface area contributed by atoms with E-state index in [1.54, 1.807) is 25.1 Å². The van der Waals surface area contributed by atoms with E-state index >= 15 is 0 Å². The van der Waals surface area contributed by atoms with Gasteiger partial charge in [0.1, 0.15) is 6.04 Å². The molecule has 1 aromatic carbocycles. The third kappa shape index (κ3) is 7.05. The Morgan fingerprint density at radius 2 is 1.83 bits per heavy atom. The summed E-state index contributed by atoms with van der Waals surface area (Å²) in [4.78, 5) is 11.0. The van der Waals surface area contributed by atoms with Crippen LogP contribution >= 0.6 is 24.0 Å². The summed E-state index contributed by atoms with van der Waals surface area (Å²) in [5.41, 5.74) is 11.5. The zero-order chi connectivity index (χ0) is 17.3. The lowest BCUT2D eigenvalue weighted by molar-refractivity contribution is -0.138. The van der Waals surface area contributed by atoms with Gasteiger partial charge in [0, 0.05) is 6.38 Å². The molecule has 5 N–H and O–H groups in total. The van der Waals surface area contributed by atoms with Gasteiger partial charge in [0.15, 0.2) is 9.84 Å². The van der Waals surface area contributed by atoms with E-state index in [1.807, 2.05) is 0 Å². The molecule has 0 bridgehead atoms. The number of carboxylic acid groups (broad SMARTS) is 1. The number of alkyl halides is 1. The molecule has 0 saturated heterocycles. The minimum Gasteiger partial charge on any atom is -0.480 e. The summed E-state index contributed by atoms with van der Waals surface area (Å²) in [7, 11) is -3.65. The van der Waals surface area contributed by atoms with Crippen molar-refractivity contribution in [3.05, 3.63) is 29.8 Å². The van der Waals surface area contributed by atoms with Crippen LogP contribution < -0.4 is 11.5 Å². The summed E-state index contributed by atoms with van der Waals surface area (Å²) >= 11 is 4.64. The Labute approximate surface area is 148 Å². The Balaban J connectivity index is 0. The summed E-state index contributed by atoms with van der Waals surface area (Å²) in [5.74, 6) is -1.22. The highest BCUT2D eigenvalue weighted by atomic mass is 35.5. The number of rotatable bonds is 7. The van der Waals surface area contributed by atoms with Crippen molar-refractivity contribution in [1.29, 1.82) is 0 Å². The molecule has 0 saturated carbocycles. The average Bonchev–Trinajstić information content (AvgIpc) is 2.48. The van der Waals surface area contributed by atoms with E-state index < -0.39 is 27.1 Å². The van der Waals surface area contributed by atoms with Crippen molar-refractivity contribution in [3.8, 4) is 0 Å². The quantitative estimate of drug-likeness (QED) is 0.610. The molecule has 0 amide bonds. The van der Waals surface area contributed by atoms with Gasteiger partial charge in [-0.2, -0.15) is 0 Å². The van der Waals surface area contributed by atoms with Crippen molar-refractivity contribution in [2.75, 3.05) is 12.9 Å². The van der Waals surface area contributed by atoms with E-state index in [0.29, 0.717) is 5.56 Å². The van der Waals surface area contributed by atoms with Gasteiger partial charge in [0.25, 0.3) is 0 Å². The lowest BCUT2D eigenvalue weighted by Gasteiger charge is -2.20. The molecule has 2 atom stereocenters. The number of aliphatic carboxylic acids is 1. The summed E-state index contributed by atoms with van der Waals surface area (Å²) in [6.07, 6.45) is 1.50. The third-order valence-corrected chi connectivity index (χ3v) is 5.54. The number of nitrogens with two attached hydrogens (primary N) is 2. The highest BCUT2D eigenvalue weighted by Crippen LogP contribution is 2.24. The average molecular weight is 387 g/mol. The van der Waals surface area contributed by atoms with Gasteiger partial charge in [-0.15, -0.1) is 24.0 Å². The molecule has 134 valence electrons. The maximum absolute atomic E-state index is 12.6. The maximum atomic E-state index is 12.6. The van der Waals surface area contributed by atoms with E-state index in [4.69, 9.17) is 16.6 Å². The van der Waals surface area contributed by atoms with E-state index in [2.05, 4.69) is 11.6 Å². The molecule has 0 spiro atoms. The first-order chi connectivity index (χ1) is 10.3. The summed E-state index contributed by atoms with van der Waals surface area (Å²) in [6, 6.07) is 5.38. The van der Waals surface area contributed by atoms with Gasteiger partial charge in [0.05, 0.1) is 10.1 Å². The second-order valence-electron chi connectivity index (χ2n) is 4.69. The van der Waals surface area contributed by atoms with Crippen LogP contribution in [-0.2, 0) is 14.6 Å². The predicted molar refractivity (Wildman–Crippen MR) is 95.1 cm³/mol. The smallest absolute Gasteiger partial charge is 0.320 e. The SMILES string of the molecule is CCl.Cc1ccccc1S(=O)(=O)C(CCN)CC(N)C(=O)O.Cl. The molecule has 6 nitrogen and oxygen atoms in total. The minimum absolute atomic E-state index is 0. The fourth-order valence-electron chi connectivity index (χ4n) is 2.02. The van der Waals surface area contributed by atoms with Crippen LogP contribution in [0.25, 0.3) is 0 Å². The zero-order valence-corrected chi connectivity index (χ0v) is 15.5. The number of benzene rings is 1.